The van der Waals surface area contributed by atoms with E-state index in [0.29, 0.717) is 39.4 Å². The predicted molar refractivity (Wildman–Crippen MR) is 135 cm³/mol. The van der Waals surface area contributed by atoms with Gasteiger partial charge in [0.15, 0.2) is 5.82 Å². The number of hydrogen-bond donors (Lipinski definition) is 2. The summed E-state index contributed by atoms with van der Waals surface area (Å²) in [6.07, 6.45) is 9.74. The van der Waals surface area contributed by atoms with Gasteiger partial charge in [0.05, 0.1) is 12.2 Å². The van der Waals surface area contributed by atoms with Crippen molar-refractivity contribution in [2.75, 3.05) is 11.2 Å². The summed E-state index contributed by atoms with van der Waals surface area (Å²) in [4.78, 5) is 10.7. The molecule has 2 bridgehead atoms. The third-order valence-corrected chi connectivity index (χ3v) is 8.17. The van der Waals surface area contributed by atoms with E-state index in [0.717, 1.165) is 38.5 Å². The van der Waals surface area contributed by atoms with Crippen LogP contribution in [0.25, 0.3) is 22.4 Å². The molecule has 2 saturated heterocycles. The molecule has 7 nitrogen and oxygen atoms in total. The highest BCUT2D eigenvalue weighted by Crippen LogP contribution is 2.39. The van der Waals surface area contributed by atoms with Gasteiger partial charge >= 0.3 is 0 Å². The predicted octanol–water partition coefficient (Wildman–Crippen LogP) is 4.76. The molecule has 1 saturated carbocycles. The van der Waals surface area contributed by atoms with Crippen molar-refractivity contribution in [1.29, 1.82) is 0 Å². The van der Waals surface area contributed by atoms with Crippen LogP contribution < -0.4 is 10.2 Å². The van der Waals surface area contributed by atoms with Crippen molar-refractivity contribution in [2.24, 2.45) is 0 Å². The zero-order valence-corrected chi connectivity index (χ0v) is 20.8. The van der Waals surface area contributed by atoms with Crippen LogP contribution in [0.3, 0.4) is 0 Å². The molecule has 188 valence electrons. The second kappa shape index (κ2) is 9.55. The number of rotatable bonds is 6. The van der Waals surface area contributed by atoms with Crippen molar-refractivity contribution in [1.82, 2.24) is 25.5 Å². The SMILES string of the molecule is CSc1ncc(-c2ccc(-c3cnc(N(C4CC4)[C@H]4C[C@@H]5CCC[C@H](N5)[C@H]4F)nn3)c(O)c2)cc1F. The lowest BCUT2D eigenvalue weighted by atomic mass is 9.82. The standard InChI is InChI=1S/C26H28F2N6OS/c1-36-25-19(27)9-15(12-29-25)14-5-8-18(23(35)10-14)21-13-30-26(33-32-21)34(17-6-7-17)22-11-16-3-2-4-20(31-16)24(22)28/h5,8-10,12-13,16-17,20,22,24,31,35H,2-4,6-7,11H2,1H3/t16-,20-,22-,24+/m0/s1. The summed E-state index contributed by atoms with van der Waals surface area (Å²) in [5.41, 5.74) is 2.09. The molecule has 1 aliphatic carbocycles. The van der Waals surface area contributed by atoms with Gasteiger partial charge in [0.2, 0.25) is 5.95 Å². The summed E-state index contributed by atoms with van der Waals surface area (Å²) in [6, 6.07) is 6.68. The molecule has 3 aliphatic rings. The minimum Gasteiger partial charge on any atom is -0.507 e. The summed E-state index contributed by atoms with van der Waals surface area (Å²) in [5, 5.41) is 23.2. The number of nitrogens with zero attached hydrogens (tertiary/aromatic N) is 5. The van der Waals surface area contributed by atoms with Gasteiger partial charge in [-0.2, -0.15) is 0 Å². The fraction of sp³-hybridized carbons (Fsp3) is 0.462. The van der Waals surface area contributed by atoms with Gasteiger partial charge in [-0.3, -0.25) is 0 Å². The maximum absolute atomic E-state index is 15.4. The van der Waals surface area contributed by atoms with Crippen LogP contribution in [0.1, 0.15) is 38.5 Å². The van der Waals surface area contributed by atoms with Gasteiger partial charge in [-0.05, 0) is 62.1 Å². The zero-order chi connectivity index (χ0) is 24.8. The molecule has 6 rings (SSSR count). The Balaban J connectivity index is 1.25. The number of thioether (sulfide) groups is 1. The number of phenols is 1. The van der Waals surface area contributed by atoms with Crippen LogP contribution in [0.15, 0.2) is 41.7 Å². The molecule has 4 heterocycles. The number of hydrogen-bond acceptors (Lipinski definition) is 8. The van der Waals surface area contributed by atoms with E-state index >= 15 is 4.39 Å². The average molecular weight is 511 g/mol. The number of aromatic nitrogens is 4. The minimum absolute atomic E-state index is 0.0141. The maximum atomic E-state index is 15.4. The maximum Gasteiger partial charge on any atom is 0.245 e. The minimum atomic E-state index is -0.966. The van der Waals surface area contributed by atoms with Gasteiger partial charge in [-0.1, -0.05) is 12.5 Å². The van der Waals surface area contributed by atoms with E-state index in [1.54, 1.807) is 36.8 Å². The molecular weight excluding hydrogens is 482 g/mol. The summed E-state index contributed by atoms with van der Waals surface area (Å²) in [7, 11) is 0. The monoisotopic (exact) mass is 510 g/mol. The van der Waals surface area contributed by atoms with Crippen molar-refractivity contribution in [3.63, 3.8) is 0 Å². The number of fused-ring (bicyclic) bond motifs is 2. The van der Waals surface area contributed by atoms with Crippen LogP contribution in [-0.2, 0) is 0 Å². The molecule has 0 amide bonds. The number of halogens is 2. The smallest absolute Gasteiger partial charge is 0.245 e. The van der Waals surface area contributed by atoms with Gasteiger partial charge in [0.25, 0.3) is 0 Å². The zero-order valence-electron chi connectivity index (χ0n) is 19.9. The lowest BCUT2D eigenvalue weighted by Gasteiger charge is -2.46. The largest absolute Gasteiger partial charge is 0.507 e. The summed E-state index contributed by atoms with van der Waals surface area (Å²) < 4.78 is 29.6. The first kappa shape index (κ1) is 23.5. The topological polar surface area (TPSA) is 87.1 Å². The van der Waals surface area contributed by atoms with Crippen LogP contribution in [0.5, 0.6) is 5.75 Å². The molecule has 3 fully saturated rings. The van der Waals surface area contributed by atoms with Crippen LogP contribution >= 0.6 is 11.8 Å². The van der Waals surface area contributed by atoms with E-state index in [9.17, 15) is 9.50 Å². The molecule has 10 heteroatoms. The van der Waals surface area contributed by atoms with Crippen LogP contribution in [0.4, 0.5) is 14.7 Å². The summed E-state index contributed by atoms with van der Waals surface area (Å²) in [5.74, 6) is 0.0301. The van der Waals surface area contributed by atoms with E-state index in [2.05, 4.69) is 30.4 Å². The van der Waals surface area contributed by atoms with Gasteiger partial charge in [-0.25, -0.2) is 18.7 Å². The van der Waals surface area contributed by atoms with Crippen molar-refractivity contribution in [2.45, 2.75) is 73.9 Å². The normalized spacial score (nSPS) is 25.5. The van der Waals surface area contributed by atoms with Gasteiger partial charge in [0, 0.05) is 35.4 Å². The van der Waals surface area contributed by atoms with Gasteiger partial charge < -0.3 is 15.3 Å². The number of nitrogens with one attached hydrogen (secondary N) is 1. The Morgan fingerprint density at radius 3 is 2.61 bits per heavy atom. The number of aromatic hydroxyl groups is 1. The molecule has 0 unspecified atom stereocenters. The second-order valence-corrected chi connectivity index (χ2v) is 10.7. The van der Waals surface area contributed by atoms with E-state index in [1.807, 2.05) is 0 Å². The highest BCUT2D eigenvalue weighted by molar-refractivity contribution is 7.98. The Morgan fingerprint density at radius 2 is 1.92 bits per heavy atom. The number of phenolic OH excluding ortho intramolecular Hbond substituents is 1. The molecule has 36 heavy (non-hydrogen) atoms. The Bertz CT molecular complexity index is 1260. The van der Waals surface area contributed by atoms with E-state index in [4.69, 9.17) is 0 Å². The second-order valence-electron chi connectivity index (χ2n) is 9.88. The third-order valence-electron chi connectivity index (χ3n) is 7.48. The quantitative estimate of drug-likeness (QED) is 0.459. The summed E-state index contributed by atoms with van der Waals surface area (Å²) in [6.45, 7) is 0. The van der Waals surface area contributed by atoms with Crippen molar-refractivity contribution >= 4 is 17.7 Å². The van der Waals surface area contributed by atoms with Crippen LogP contribution in [0, 0.1) is 5.82 Å². The Morgan fingerprint density at radius 1 is 1.06 bits per heavy atom. The van der Waals surface area contributed by atoms with Gasteiger partial charge in [0.1, 0.15) is 22.6 Å². The first-order chi connectivity index (χ1) is 17.5. The Kier molecular flexibility index (Phi) is 6.25. The number of alkyl halides is 1. The van der Waals surface area contributed by atoms with Gasteiger partial charge in [-0.15, -0.1) is 22.0 Å². The lowest BCUT2D eigenvalue weighted by molar-refractivity contribution is 0.103. The molecule has 2 N–H and O–H groups in total. The Hall–Kier alpha value is -2.85. The third kappa shape index (κ3) is 4.41. The lowest BCUT2D eigenvalue weighted by Crippen LogP contribution is -2.62. The molecule has 2 aliphatic heterocycles. The molecular formula is C26H28F2N6OS. The summed E-state index contributed by atoms with van der Waals surface area (Å²) >= 11 is 1.24. The number of pyridine rings is 1. The van der Waals surface area contributed by atoms with Crippen molar-refractivity contribution < 1.29 is 13.9 Å². The number of benzene rings is 1. The van der Waals surface area contributed by atoms with E-state index in [1.165, 1.54) is 17.8 Å². The first-order valence-electron chi connectivity index (χ1n) is 12.4. The molecule has 3 aromatic rings. The molecule has 2 aromatic heterocycles. The Labute approximate surface area is 212 Å². The van der Waals surface area contributed by atoms with E-state index in [-0.39, 0.29) is 23.9 Å². The van der Waals surface area contributed by atoms with Crippen LogP contribution in [0.2, 0.25) is 0 Å². The molecule has 0 radical (unpaired) electrons. The average Bonchev–Trinajstić information content (AvgIpc) is 3.73. The van der Waals surface area contributed by atoms with Crippen molar-refractivity contribution in [3.8, 4) is 28.1 Å². The highest BCUT2D eigenvalue weighted by Gasteiger charge is 2.47. The number of piperidine rings is 2. The van der Waals surface area contributed by atoms with E-state index < -0.39 is 12.0 Å². The molecule has 1 aromatic carbocycles. The molecule has 0 spiro atoms. The first-order valence-corrected chi connectivity index (χ1v) is 13.7. The number of anilines is 1. The fourth-order valence-corrected chi connectivity index (χ4v) is 5.97. The molecule has 4 atom stereocenters. The highest BCUT2D eigenvalue weighted by atomic mass is 32.2. The fourth-order valence-electron chi connectivity index (χ4n) is 5.55. The van der Waals surface area contributed by atoms with Crippen molar-refractivity contribution in [3.05, 3.63) is 42.5 Å². The van der Waals surface area contributed by atoms with Crippen LogP contribution in [-0.4, -0.2) is 61.9 Å².